The minimum absolute atomic E-state index is 0.0951. The van der Waals surface area contributed by atoms with Gasteiger partial charge in [0.1, 0.15) is 5.75 Å². The number of ether oxygens (including phenoxy) is 1. The second-order valence-corrected chi connectivity index (χ2v) is 6.73. The molecule has 1 fully saturated rings. The molecule has 1 saturated carbocycles. The maximum Gasteiger partial charge on any atom is 0.257 e. The van der Waals surface area contributed by atoms with Gasteiger partial charge in [0.05, 0.1) is 11.7 Å². The number of hydrogen-bond donors (Lipinski definition) is 0. The summed E-state index contributed by atoms with van der Waals surface area (Å²) in [4.78, 5) is 15.0. The maximum absolute atomic E-state index is 13.1. The van der Waals surface area contributed by atoms with E-state index in [2.05, 4.69) is 24.3 Å². The lowest BCUT2D eigenvalue weighted by Gasteiger charge is -2.28. The number of para-hydroxylation sites is 1. The van der Waals surface area contributed by atoms with Gasteiger partial charge in [-0.15, -0.1) is 0 Å². The van der Waals surface area contributed by atoms with Gasteiger partial charge in [0.2, 0.25) is 0 Å². The highest BCUT2D eigenvalue weighted by atomic mass is 16.5. The fourth-order valence-corrected chi connectivity index (χ4v) is 3.46. The van der Waals surface area contributed by atoms with Crippen LogP contribution in [0, 0.1) is 0 Å². The van der Waals surface area contributed by atoms with Gasteiger partial charge in [-0.3, -0.25) is 4.79 Å². The number of nitrogens with zero attached hydrogens (tertiary/aromatic N) is 1. The summed E-state index contributed by atoms with van der Waals surface area (Å²) < 4.78 is 6.04. The van der Waals surface area contributed by atoms with Gasteiger partial charge >= 0.3 is 0 Å². The van der Waals surface area contributed by atoms with Crippen molar-refractivity contribution in [2.75, 3.05) is 13.1 Å². The van der Waals surface area contributed by atoms with Crippen LogP contribution >= 0.6 is 0 Å². The zero-order valence-electron chi connectivity index (χ0n) is 13.9. The molecule has 1 aliphatic heterocycles. The summed E-state index contributed by atoms with van der Waals surface area (Å²) in [5.74, 6) is 0.840. The number of carbonyl (C=O) groups is 1. The van der Waals surface area contributed by atoms with Crippen molar-refractivity contribution in [2.24, 2.45) is 0 Å². The molecule has 1 heterocycles. The zero-order chi connectivity index (χ0) is 16.4. The molecular formula is C21H23NO2. The summed E-state index contributed by atoms with van der Waals surface area (Å²) in [6.45, 7) is 1.54. The van der Waals surface area contributed by atoms with Crippen LogP contribution in [-0.4, -0.2) is 30.0 Å². The predicted molar refractivity (Wildman–Crippen MR) is 94.5 cm³/mol. The third kappa shape index (κ3) is 3.03. The molecule has 0 radical (unpaired) electrons. The predicted octanol–water partition coefficient (Wildman–Crippen LogP) is 3.86. The van der Waals surface area contributed by atoms with E-state index in [-0.39, 0.29) is 12.0 Å². The summed E-state index contributed by atoms with van der Waals surface area (Å²) in [5, 5.41) is 0. The fourth-order valence-electron chi connectivity index (χ4n) is 3.46. The molecule has 3 heteroatoms. The van der Waals surface area contributed by atoms with Crippen LogP contribution in [0.25, 0.3) is 0 Å². The molecular weight excluding hydrogens is 298 g/mol. The monoisotopic (exact) mass is 321 g/mol. The highest BCUT2D eigenvalue weighted by molar-refractivity contribution is 5.97. The van der Waals surface area contributed by atoms with Gasteiger partial charge in [-0.05, 0) is 55.4 Å². The summed E-state index contributed by atoms with van der Waals surface area (Å²) in [7, 11) is 0. The Hall–Kier alpha value is -2.29. The Morgan fingerprint density at radius 2 is 1.54 bits per heavy atom. The second-order valence-electron chi connectivity index (χ2n) is 6.73. The third-order valence-corrected chi connectivity index (χ3v) is 5.17. The molecule has 0 atom stereocenters. The average Bonchev–Trinajstić information content (AvgIpc) is 2.80. The normalized spacial score (nSPS) is 17.6. The number of carbonyl (C=O) groups excluding carboxylic acids is 1. The summed E-state index contributed by atoms with van der Waals surface area (Å²) in [6.07, 6.45) is 5.56. The number of fused-ring (bicyclic) bond motifs is 1. The summed E-state index contributed by atoms with van der Waals surface area (Å²) >= 11 is 0. The number of amides is 1. The van der Waals surface area contributed by atoms with Gasteiger partial charge in [-0.2, -0.15) is 0 Å². The highest BCUT2D eigenvalue weighted by Gasteiger charge is 2.25. The summed E-state index contributed by atoms with van der Waals surface area (Å²) in [5.41, 5.74) is 3.44. The van der Waals surface area contributed by atoms with E-state index >= 15 is 0 Å². The first-order valence-corrected chi connectivity index (χ1v) is 8.93. The van der Waals surface area contributed by atoms with Crippen molar-refractivity contribution in [1.82, 2.24) is 4.90 Å². The van der Waals surface area contributed by atoms with Crippen molar-refractivity contribution in [3.05, 3.63) is 65.2 Å². The lowest BCUT2D eigenvalue weighted by Crippen LogP contribution is -2.34. The Bertz CT molecular complexity index is 709. The first kappa shape index (κ1) is 15.3. The Morgan fingerprint density at radius 1 is 0.917 bits per heavy atom. The van der Waals surface area contributed by atoms with Crippen molar-refractivity contribution in [3.8, 4) is 5.75 Å². The Kier molecular flexibility index (Phi) is 4.24. The molecule has 0 bridgehead atoms. The van der Waals surface area contributed by atoms with Crippen molar-refractivity contribution in [2.45, 2.75) is 38.2 Å². The van der Waals surface area contributed by atoms with Gasteiger partial charge in [0.25, 0.3) is 5.91 Å². The van der Waals surface area contributed by atoms with Gasteiger partial charge in [-0.25, -0.2) is 0 Å². The van der Waals surface area contributed by atoms with E-state index in [0.717, 1.165) is 44.5 Å². The third-order valence-electron chi connectivity index (χ3n) is 5.17. The highest BCUT2D eigenvalue weighted by Crippen LogP contribution is 2.28. The quantitative estimate of drug-likeness (QED) is 0.859. The molecule has 4 rings (SSSR count). The van der Waals surface area contributed by atoms with Crippen LogP contribution in [0.15, 0.2) is 48.5 Å². The smallest absolute Gasteiger partial charge is 0.257 e. The van der Waals surface area contributed by atoms with Crippen molar-refractivity contribution in [1.29, 1.82) is 0 Å². The zero-order valence-corrected chi connectivity index (χ0v) is 13.9. The van der Waals surface area contributed by atoms with Gasteiger partial charge < -0.3 is 9.64 Å². The van der Waals surface area contributed by atoms with Crippen LogP contribution in [0.3, 0.4) is 0 Å². The minimum Gasteiger partial charge on any atom is -0.490 e. The Labute approximate surface area is 143 Å². The van der Waals surface area contributed by atoms with Crippen LogP contribution < -0.4 is 4.74 Å². The topological polar surface area (TPSA) is 29.5 Å². The molecule has 24 heavy (non-hydrogen) atoms. The van der Waals surface area contributed by atoms with Crippen LogP contribution in [0.2, 0.25) is 0 Å². The molecule has 0 unspecified atom stereocenters. The molecule has 2 aromatic rings. The van der Waals surface area contributed by atoms with E-state index in [1.54, 1.807) is 0 Å². The SMILES string of the molecule is O=C(c1ccccc1OC1CCC1)N1CCc2ccccc2CC1. The van der Waals surface area contributed by atoms with E-state index in [0.29, 0.717) is 5.56 Å². The molecule has 0 saturated heterocycles. The van der Waals surface area contributed by atoms with E-state index in [4.69, 9.17) is 4.74 Å². The summed E-state index contributed by atoms with van der Waals surface area (Å²) in [6, 6.07) is 16.2. The van der Waals surface area contributed by atoms with Crippen molar-refractivity contribution >= 4 is 5.91 Å². The molecule has 124 valence electrons. The van der Waals surface area contributed by atoms with Crippen molar-refractivity contribution in [3.63, 3.8) is 0 Å². The van der Waals surface area contributed by atoms with Crippen LogP contribution in [0.4, 0.5) is 0 Å². The molecule has 2 aliphatic rings. The second kappa shape index (κ2) is 6.68. The molecule has 1 aliphatic carbocycles. The average molecular weight is 321 g/mol. The Balaban J connectivity index is 1.52. The van der Waals surface area contributed by atoms with E-state index in [1.165, 1.54) is 17.5 Å². The molecule has 2 aromatic carbocycles. The van der Waals surface area contributed by atoms with Crippen LogP contribution in [0.5, 0.6) is 5.75 Å². The van der Waals surface area contributed by atoms with E-state index < -0.39 is 0 Å². The Morgan fingerprint density at radius 3 is 2.17 bits per heavy atom. The van der Waals surface area contributed by atoms with Gasteiger partial charge in [0, 0.05) is 13.1 Å². The number of rotatable bonds is 3. The lowest BCUT2D eigenvalue weighted by atomic mass is 9.96. The molecule has 3 nitrogen and oxygen atoms in total. The minimum atomic E-state index is 0.0951. The first-order valence-electron chi connectivity index (χ1n) is 8.93. The first-order chi connectivity index (χ1) is 11.8. The fraction of sp³-hybridized carbons (Fsp3) is 0.381. The van der Waals surface area contributed by atoms with E-state index in [9.17, 15) is 4.79 Å². The van der Waals surface area contributed by atoms with E-state index in [1.807, 2.05) is 29.2 Å². The molecule has 0 N–H and O–H groups in total. The molecule has 1 amide bonds. The van der Waals surface area contributed by atoms with Crippen LogP contribution in [0.1, 0.15) is 40.7 Å². The molecule has 0 aromatic heterocycles. The standard InChI is InChI=1S/C21H23NO2/c23-21(19-10-3-4-11-20(19)24-18-8-5-9-18)22-14-12-16-6-1-2-7-17(16)13-15-22/h1-4,6-7,10-11,18H,5,8-9,12-15H2. The molecule has 0 spiro atoms. The van der Waals surface area contributed by atoms with Crippen molar-refractivity contribution < 1.29 is 9.53 Å². The number of hydrogen-bond acceptors (Lipinski definition) is 2. The van der Waals surface area contributed by atoms with Crippen LogP contribution in [-0.2, 0) is 12.8 Å². The number of benzene rings is 2. The lowest BCUT2D eigenvalue weighted by molar-refractivity contribution is 0.0745. The van der Waals surface area contributed by atoms with Gasteiger partial charge in [-0.1, -0.05) is 36.4 Å². The largest absolute Gasteiger partial charge is 0.490 e. The van der Waals surface area contributed by atoms with Gasteiger partial charge in [0.15, 0.2) is 0 Å². The maximum atomic E-state index is 13.1.